The maximum absolute atomic E-state index is 9.37. The second-order valence-electron chi connectivity index (χ2n) is 3.99. The Kier molecular flexibility index (Phi) is 4.79. The molecule has 1 aliphatic rings. The molecule has 84 valence electrons. The van der Waals surface area contributed by atoms with Gasteiger partial charge in [0.05, 0.1) is 6.10 Å². The van der Waals surface area contributed by atoms with Crippen LogP contribution in [0.1, 0.15) is 25.8 Å². The van der Waals surface area contributed by atoms with Crippen LogP contribution in [-0.2, 0) is 6.54 Å². The SMILES string of the molecule is C.OC1CCN(Cc2ccccc2)CC1. The first-order valence-corrected chi connectivity index (χ1v) is 5.29. The number of aliphatic hydroxyl groups excluding tert-OH is 1. The van der Waals surface area contributed by atoms with Crippen LogP contribution >= 0.6 is 0 Å². The highest BCUT2D eigenvalue weighted by molar-refractivity contribution is 5.14. The number of piperidine rings is 1. The Morgan fingerprint density at radius 2 is 1.73 bits per heavy atom. The van der Waals surface area contributed by atoms with Crippen molar-refractivity contribution in [3.05, 3.63) is 35.9 Å². The molecule has 0 unspecified atom stereocenters. The number of nitrogens with zero attached hydrogens (tertiary/aromatic N) is 1. The molecule has 1 aromatic rings. The number of likely N-dealkylation sites (tertiary alicyclic amines) is 1. The number of aliphatic hydroxyl groups is 1. The standard InChI is InChI=1S/C12H17NO.CH4/c14-12-6-8-13(9-7-12)10-11-4-2-1-3-5-11;/h1-5,12,14H,6-10H2;1H4. The van der Waals surface area contributed by atoms with Crippen LogP contribution in [0.25, 0.3) is 0 Å². The Morgan fingerprint density at radius 3 is 2.33 bits per heavy atom. The zero-order valence-electron chi connectivity index (χ0n) is 8.39. The number of benzene rings is 1. The summed E-state index contributed by atoms with van der Waals surface area (Å²) in [6.45, 7) is 3.07. The Labute approximate surface area is 92.5 Å². The highest BCUT2D eigenvalue weighted by Gasteiger charge is 2.16. The maximum Gasteiger partial charge on any atom is 0.0564 e. The van der Waals surface area contributed by atoms with E-state index in [0.717, 1.165) is 32.5 Å². The summed E-state index contributed by atoms with van der Waals surface area (Å²) in [4.78, 5) is 2.40. The molecular weight excluding hydrogens is 186 g/mol. The lowest BCUT2D eigenvalue weighted by Crippen LogP contribution is -2.35. The van der Waals surface area contributed by atoms with E-state index in [1.807, 2.05) is 6.07 Å². The van der Waals surface area contributed by atoms with Gasteiger partial charge in [-0.1, -0.05) is 37.8 Å². The van der Waals surface area contributed by atoms with Crippen molar-refractivity contribution in [1.29, 1.82) is 0 Å². The van der Waals surface area contributed by atoms with Crippen LogP contribution in [0.3, 0.4) is 0 Å². The molecule has 0 radical (unpaired) electrons. The zero-order valence-corrected chi connectivity index (χ0v) is 8.39. The van der Waals surface area contributed by atoms with E-state index < -0.39 is 0 Å². The monoisotopic (exact) mass is 207 g/mol. The molecule has 0 atom stereocenters. The molecule has 2 nitrogen and oxygen atoms in total. The summed E-state index contributed by atoms with van der Waals surface area (Å²) >= 11 is 0. The molecule has 1 heterocycles. The van der Waals surface area contributed by atoms with Gasteiger partial charge in [0.2, 0.25) is 0 Å². The molecule has 0 saturated carbocycles. The van der Waals surface area contributed by atoms with Crippen LogP contribution in [0.15, 0.2) is 30.3 Å². The molecule has 0 amide bonds. The summed E-state index contributed by atoms with van der Waals surface area (Å²) in [6.07, 6.45) is 1.78. The van der Waals surface area contributed by atoms with Gasteiger partial charge >= 0.3 is 0 Å². The van der Waals surface area contributed by atoms with Gasteiger partial charge in [0, 0.05) is 19.6 Å². The molecule has 2 heteroatoms. The molecule has 0 spiro atoms. The average molecular weight is 207 g/mol. The van der Waals surface area contributed by atoms with Gasteiger partial charge in [-0.25, -0.2) is 0 Å². The minimum Gasteiger partial charge on any atom is -0.393 e. The van der Waals surface area contributed by atoms with Gasteiger partial charge in [-0.2, -0.15) is 0 Å². The summed E-state index contributed by atoms with van der Waals surface area (Å²) < 4.78 is 0. The Balaban J connectivity index is 0.00000112. The van der Waals surface area contributed by atoms with Crippen LogP contribution in [0.4, 0.5) is 0 Å². The van der Waals surface area contributed by atoms with Crippen molar-refractivity contribution >= 4 is 0 Å². The molecule has 2 rings (SSSR count). The summed E-state index contributed by atoms with van der Waals surface area (Å²) in [5, 5.41) is 9.37. The lowest BCUT2D eigenvalue weighted by Gasteiger charge is -2.29. The quantitative estimate of drug-likeness (QED) is 0.804. The second kappa shape index (κ2) is 5.89. The third-order valence-electron chi connectivity index (χ3n) is 2.81. The van der Waals surface area contributed by atoms with Crippen molar-refractivity contribution in [1.82, 2.24) is 4.90 Å². The Bertz CT molecular complexity index is 265. The van der Waals surface area contributed by atoms with Crippen molar-refractivity contribution in [2.75, 3.05) is 13.1 Å². The Morgan fingerprint density at radius 1 is 1.13 bits per heavy atom. The summed E-state index contributed by atoms with van der Waals surface area (Å²) in [6, 6.07) is 10.5. The van der Waals surface area contributed by atoms with E-state index in [2.05, 4.69) is 29.2 Å². The molecule has 1 aromatic carbocycles. The van der Waals surface area contributed by atoms with Crippen molar-refractivity contribution in [3.8, 4) is 0 Å². The largest absolute Gasteiger partial charge is 0.393 e. The molecule has 1 N–H and O–H groups in total. The zero-order chi connectivity index (χ0) is 9.80. The predicted molar refractivity (Wildman–Crippen MR) is 63.7 cm³/mol. The predicted octanol–water partition coefficient (Wildman–Crippen LogP) is 2.28. The van der Waals surface area contributed by atoms with E-state index in [4.69, 9.17) is 0 Å². The topological polar surface area (TPSA) is 23.5 Å². The van der Waals surface area contributed by atoms with Gasteiger partial charge in [0.15, 0.2) is 0 Å². The molecule has 0 bridgehead atoms. The molecule has 1 aliphatic heterocycles. The van der Waals surface area contributed by atoms with E-state index in [-0.39, 0.29) is 13.5 Å². The first kappa shape index (κ1) is 12.2. The number of rotatable bonds is 2. The minimum absolute atomic E-state index is 0. The third-order valence-corrected chi connectivity index (χ3v) is 2.81. The van der Waals surface area contributed by atoms with E-state index in [1.54, 1.807) is 0 Å². The Hall–Kier alpha value is -0.860. The van der Waals surface area contributed by atoms with Crippen LogP contribution in [0.2, 0.25) is 0 Å². The molecule has 1 fully saturated rings. The third kappa shape index (κ3) is 3.65. The van der Waals surface area contributed by atoms with Crippen LogP contribution in [0.5, 0.6) is 0 Å². The van der Waals surface area contributed by atoms with Crippen LogP contribution in [0, 0.1) is 0 Å². The van der Waals surface area contributed by atoms with Gasteiger partial charge in [-0.3, -0.25) is 4.90 Å². The van der Waals surface area contributed by atoms with Crippen molar-refractivity contribution < 1.29 is 5.11 Å². The smallest absolute Gasteiger partial charge is 0.0564 e. The van der Waals surface area contributed by atoms with Gasteiger partial charge < -0.3 is 5.11 Å². The molecule has 0 aliphatic carbocycles. The summed E-state index contributed by atoms with van der Waals surface area (Å²) in [5.41, 5.74) is 1.36. The van der Waals surface area contributed by atoms with Gasteiger partial charge in [0.1, 0.15) is 0 Å². The van der Waals surface area contributed by atoms with Gasteiger partial charge in [-0.05, 0) is 18.4 Å². The molecule has 0 aromatic heterocycles. The lowest BCUT2D eigenvalue weighted by molar-refractivity contribution is 0.0792. The average Bonchev–Trinajstić information content (AvgIpc) is 2.23. The molecule has 1 saturated heterocycles. The van der Waals surface area contributed by atoms with Crippen LogP contribution < -0.4 is 0 Å². The highest BCUT2D eigenvalue weighted by atomic mass is 16.3. The van der Waals surface area contributed by atoms with E-state index in [1.165, 1.54) is 5.56 Å². The second-order valence-corrected chi connectivity index (χ2v) is 3.99. The lowest BCUT2D eigenvalue weighted by atomic mass is 10.1. The van der Waals surface area contributed by atoms with E-state index in [9.17, 15) is 5.11 Å². The molecule has 15 heavy (non-hydrogen) atoms. The normalized spacial score (nSPS) is 18.5. The first-order valence-electron chi connectivity index (χ1n) is 5.29. The summed E-state index contributed by atoms with van der Waals surface area (Å²) in [5.74, 6) is 0. The van der Waals surface area contributed by atoms with Gasteiger partial charge in [-0.15, -0.1) is 0 Å². The minimum atomic E-state index is -0.0676. The fourth-order valence-electron chi connectivity index (χ4n) is 1.92. The van der Waals surface area contributed by atoms with E-state index in [0.29, 0.717) is 0 Å². The van der Waals surface area contributed by atoms with Crippen molar-refractivity contribution in [3.63, 3.8) is 0 Å². The fraction of sp³-hybridized carbons (Fsp3) is 0.538. The van der Waals surface area contributed by atoms with E-state index >= 15 is 0 Å². The maximum atomic E-state index is 9.37. The summed E-state index contributed by atoms with van der Waals surface area (Å²) in [7, 11) is 0. The van der Waals surface area contributed by atoms with Gasteiger partial charge in [0.25, 0.3) is 0 Å². The number of hydrogen-bond acceptors (Lipinski definition) is 2. The molecular formula is C13H21NO. The highest BCUT2D eigenvalue weighted by Crippen LogP contribution is 2.13. The number of hydrogen-bond donors (Lipinski definition) is 1. The first-order chi connectivity index (χ1) is 6.84. The van der Waals surface area contributed by atoms with Crippen molar-refractivity contribution in [2.24, 2.45) is 0 Å². The van der Waals surface area contributed by atoms with Crippen LogP contribution in [-0.4, -0.2) is 29.2 Å². The van der Waals surface area contributed by atoms with Crippen molar-refractivity contribution in [2.45, 2.75) is 32.9 Å². The fourth-order valence-corrected chi connectivity index (χ4v) is 1.92.